The van der Waals surface area contributed by atoms with E-state index in [0.717, 1.165) is 49.8 Å². The lowest BCUT2D eigenvalue weighted by molar-refractivity contribution is -0.113. The Balaban J connectivity index is 0.000000174. The second-order valence-corrected chi connectivity index (χ2v) is 9.29. The number of hydrogen-bond donors (Lipinski definition) is 1. The number of nitrogens with zero attached hydrogens (tertiary/aromatic N) is 2. The van der Waals surface area contributed by atoms with Gasteiger partial charge in [0.1, 0.15) is 18.1 Å². The van der Waals surface area contributed by atoms with E-state index in [9.17, 15) is 14.7 Å². The average molecular weight is 483 g/mol. The van der Waals surface area contributed by atoms with Crippen LogP contribution in [0.15, 0.2) is 66.2 Å². The van der Waals surface area contributed by atoms with Gasteiger partial charge in [-0.3, -0.25) is 9.59 Å². The van der Waals surface area contributed by atoms with E-state index < -0.39 is 0 Å². The predicted molar refractivity (Wildman–Crippen MR) is 148 cm³/mol. The van der Waals surface area contributed by atoms with Crippen molar-refractivity contribution in [2.24, 2.45) is 0 Å². The van der Waals surface area contributed by atoms with Crippen LogP contribution in [0.4, 0.5) is 11.4 Å². The van der Waals surface area contributed by atoms with Gasteiger partial charge in [-0.25, -0.2) is 0 Å². The summed E-state index contributed by atoms with van der Waals surface area (Å²) in [5.74, 6) is 0.940. The maximum absolute atomic E-state index is 11.4. The quantitative estimate of drug-likeness (QED) is 0.377. The molecule has 0 aliphatic carbocycles. The van der Waals surface area contributed by atoms with Crippen molar-refractivity contribution in [1.82, 2.24) is 0 Å². The molecule has 0 radical (unpaired) electrons. The molecule has 6 nitrogen and oxygen atoms in total. The van der Waals surface area contributed by atoms with Gasteiger partial charge in [-0.05, 0) is 83.1 Å². The molecule has 5 rings (SSSR count). The molecule has 1 aliphatic heterocycles. The fourth-order valence-corrected chi connectivity index (χ4v) is 4.05. The van der Waals surface area contributed by atoms with E-state index in [0.29, 0.717) is 18.5 Å². The monoisotopic (exact) mass is 482 g/mol. The van der Waals surface area contributed by atoms with Crippen molar-refractivity contribution in [1.29, 1.82) is 0 Å². The maximum atomic E-state index is 11.4. The Bertz CT molecular complexity index is 1500. The van der Waals surface area contributed by atoms with Crippen LogP contribution in [0.25, 0.3) is 27.6 Å². The zero-order chi connectivity index (χ0) is 26.0. The Kier molecular flexibility index (Phi) is 6.97. The third-order valence-electron chi connectivity index (χ3n) is 6.25. The molecular weight excluding hydrogens is 452 g/mol. The van der Waals surface area contributed by atoms with Gasteiger partial charge in [-0.2, -0.15) is 0 Å². The Hall–Kier alpha value is -4.32. The molecule has 1 N–H and O–H groups in total. The molecule has 1 aliphatic rings. The van der Waals surface area contributed by atoms with Gasteiger partial charge in [-0.1, -0.05) is 12.1 Å². The van der Waals surface area contributed by atoms with E-state index in [2.05, 4.69) is 29.2 Å². The number of rotatable bonds is 4. The molecule has 0 aromatic heterocycles. The summed E-state index contributed by atoms with van der Waals surface area (Å²) in [6.07, 6.45) is 2.59. The molecule has 0 fully saturated rings. The third kappa shape index (κ3) is 5.18. The Morgan fingerprint density at radius 2 is 1.42 bits per heavy atom. The molecule has 4 aromatic carbocycles. The van der Waals surface area contributed by atoms with E-state index in [4.69, 9.17) is 4.74 Å². The van der Waals surface area contributed by atoms with Gasteiger partial charge in [0.25, 0.3) is 0 Å². The first-order valence-electron chi connectivity index (χ1n) is 11.6. The number of ketones is 1. The molecule has 0 saturated carbocycles. The molecule has 4 aromatic rings. The van der Waals surface area contributed by atoms with Gasteiger partial charge in [0.05, 0.1) is 5.56 Å². The minimum absolute atomic E-state index is 0.0263. The van der Waals surface area contributed by atoms with Gasteiger partial charge < -0.3 is 19.6 Å². The van der Waals surface area contributed by atoms with Crippen molar-refractivity contribution >= 4 is 51.1 Å². The molecule has 36 heavy (non-hydrogen) atoms. The van der Waals surface area contributed by atoms with Gasteiger partial charge in [0, 0.05) is 50.7 Å². The van der Waals surface area contributed by atoms with Gasteiger partial charge >= 0.3 is 0 Å². The number of hydrogen-bond acceptors (Lipinski definition) is 6. The Morgan fingerprint density at radius 1 is 0.833 bits per heavy atom. The molecule has 0 unspecified atom stereocenters. The van der Waals surface area contributed by atoms with Crippen LogP contribution >= 0.6 is 0 Å². The summed E-state index contributed by atoms with van der Waals surface area (Å²) in [7, 11) is 7.97. The van der Waals surface area contributed by atoms with Gasteiger partial charge in [0.15, 0.2) is 12.1 Å². The maximum Gasteiger partial charge on any atom is 0.159 e. The van der Waals surface area contributed by atoms with E-state index in [-0.39, 0.29) is 11.5 Å². The summed E-state index contributed by atoms with van der Waals surface area (Å²) in [6, 6.07) is 19.7. The second kappa shape index (κ2) is 10.1. The normalized spacial score (nSPS) is 12.1. The highest BCUT2D eigenvalue weighted by Gasteiger charge is 2.15. The number of benzene rings is 4. The standard InChI is InChI=1S/C17H17NO2.C13H13NO2/c1-11(19)15-7-14-6-12-4-5-16(18(2)3)8-13(12)9-17(14)20-10-15;1-14(2)12-4-3-9-5-11(8-15)13(16)7-10(9)6-12/h4-9H,10H2,1-3H3;3-8,16H,1-2H3. The Morgan fingerprint density at radius 3 is 1.97 bits per heavy atom. The summed E-state index contributed by atoms with van der Waals surface area (Å²) in [6.45, 7) is 1.94. The van der Waals surface area contributed by atoms with Crippen LogP contribution in [-0.4, -0.2) is 52.0 Å². The lowest BCUT2D eigenvalue weighted by atomic mass is 10.0. The van der Waals surface area contributed by atoms with Crippen LogP contribution in [0.2, 0.25) is 0 Å². The highest BCUT2D eigenvalue weighted by molar-refractivity contribution is 6.00. The summed E-state index contributed by atoms with van der Waals surface area (Å²) < 4.78 is 5.70. The zero-order valence-electron chi connectivity index (χ0n) is 21.2. The molecule has 0 spiro atoms. The molecule has 1 heterocycles. The lowest BCUT2D eigenvalue weighted by Crippen LogP contribution is -2.12. The van der Waals surface area contributed by atoms with Crippen LogP contribution in [-0.2, 0) is 4.79 Å². The molecule has 0 saturated heterocycles. The van der Waals surface area contributed by atoms with E-state index in [1.54, 1.807) is 19.1 Å². The summed E-state index contributed by atoms with van der Waals surface area (Å²) >= 11 is 0. The van der Waals surface area contributed by atoms with Gasteiger partial charge in [0.2, 0.25) is 0 Å². The molecular formula is C30H30N2O4. The molecule has 0 amide bonds. The first kappa shape index (κ1) is 24.8. The predicted octanol–water partition coefficient (Wildman–Crippen LogP) is 5.69. The minimum atomic E-state index is 0.0263. The fraction of sp³-hybridized carbons (Fsp3) is 0.200. The van der Waals surface area contributed by atoms with Crippen LogP contribution in [0.5, 0.6) is 11.5 Å². The molecule has 0 atom stereocenters. The number of phenolic OH excluding ortho intramolecular Hbond substituents is 1. The molecule has 0 bridgehead atoms. The average Bonchev–Trinajstić information content (AvgIpc) is 2.86. The zero-order valence-corrected chi connectivity index (χ0v) is 21.2. The topological polar surface area (TPSA) is 70.1 Å². The number of aromatic hydroxyl groups is 1. The van der Waals surface area contributed by atoms with Crippen LogP contribution in [0.1, 0.15) is 22.8 Å². The van der Waals surface area contributed by atoms with Crippen LogP contribution < -0.4 is 14.5 Å². The van der Waals surface area contributed by atoms with Gasteiger partial charge in [-0.15, -0.1) is 0 Å². The minimum Gasteiger partial charge on any atom is -0.507 e. The second-order valence-electron chi connectivity index (χ2n) is 9.29. The van der Waals surface area contributed by atoms with Crippen LogP contribution in [0, 0.1) is 0 Å². The number of carbonyl (C=O) groups is 2. The van der Waals surface area contributed by atoms with E-state index >= 15 is 0 Å². The van der Waals surface area contributed by atoms with Crippen molar-refractivity contribution in [2.75, 3.05) is 44.6 Å². The summed E-state index contributed by atoms with van der Waals surface area (Å²) in [4.78, 5) is 26.2. The number of ether oxygens (including phenoxy) is 1. The van der Waals surface area contributed by atoms with Crippen LogP contribution in [0.3, 0.4) is 0 Å². The number of aldehydes is 1. The first-order valence-corrected chi connectivity index (χ1v) is 11.6. The lowest BCUT2D eigenvalue weighted by Gasteiger charge is -2.18. The van der Waals surface area contributed by atoms with Crippen molar-refractivity contribution in [3.05, 3.63) is 77.4 Å². The number of anilines is 2. The number of carbonyl (C=O) groups excluding carboxylic acids is 2. The van der Waals surface area contributed by atoms with E-state index in [1.807, 2.05) is 63.4 Å². The number of phenols is 1. The largest absolute Gasteiger partial charge is 0.507 e. The summed E-state index contributed by atoms with van der Waals surface area (Å²) in [5.41, 5.74) is 4.25. The molecule has 184 valence electrons. The SMILES string of the molecule is CC(=O)C1=Cc2cc3ccc(N(C)C)cc3cc2OC1.CN(C)c1ccc2cc(C=O)c(O)cc2c1. The highest BCUT2D eigenvalue weighted by Crippen LogP contribution is 2.33. The number of Topliss-reactive ketones (excluding diaryl/α,β-unsaturated/α-hetero) is 1. The van der Waals surface area contributed by atoms with Crippen molar-refractivity contribution in [2.45, 2.75) is 6.92 Å². The van der Waals surface area contributed by atoms with Crippen molar-refractivity contribution in [3.63, 3.8) is 0 Å². The van der Waals surface area contributed by atoms with Crippen molar-refractivity contribution in [3.8, 4) is 11.5 Å². The fourth-order valence-electron chi connectivity index (χ4n) is 4.05. The molecule has 6 heteroatoms. The number of fused-ring (bicyclic) bond motifs is 3. The summed E-state index contributed by atoms with van der Waals surface area (Å²) in [5, 5.41) is 13.8. The third-order valence-corrected chi connectivity index (χ3v) is 6.25. The Labute approximate surface area is 211 Å². The highest BCUT2D eigenvalue weighted by atomic mass is 16.5. The van der Waals surface area contributed by atoms with Crippen molar-refractivity contribution < 1.29 is 19.4 Å². The first-order chi connectivity index (χ1) is 17.2. The van der Waals surface area contributed by atoms with E-state index in [1.165, 1.54) is 0 Å². The smallest absolute Gasteiger partial charge is 0.159 e.